The lowest BCUT2D eigenvalue weighted by Gasteiger charge is -2.26. The van der Waals surface area contributed by atoms with Gasteiger partial charge in [0, 0.05) is 6.42 Å². The molecule has 0 heterocycles. The Bertz CT molecular complexity index is 143. The summed E-state index contributed by atoms with van der Waals surface area (Å²) in [5.41, 5.74) is 0. The molecule has 12 heavy (non-hydrogen) atoms. The quantitative estimate of drug-likeness (QED) is 0.602. The molecule has 0 aliphatic carbocycles. The van der Waals surface area contributed by atoms with Crippen molar-refractivity contribution < 1.29 is 26.3 Å². The maximum atomic E-state index is 12.2. The molecular weight excluding hydrogens is 186 g/mol. The Balaban J connectivity index is 4.58. The van der Waals surface area contributed by atoms with Crippen molar-refractivity contribution in [3.63, 3.8) is 0 Å². The van der Waals surface area contributed by atoms with E-state index in [0.29, 0.717) is 0 Å². The average Bonchev–Trinajstić information content (AvgIpc) is 2.02. The third-order valence-corrected chi connectivity index (χ3v) is 1.33. The number of hydrogen-bond acceptors (Lipinski definition) is 0. The highest BCUT2D eigenvalue weighted by molar-refractivity contribution is 4.91. The third kappa shape index (κ3) is 1.84. The predicted molar refractivity (Wildman–Crippen MR) is 30.7 cm³/mol. The highest BCUT2D eigenvalue weighted by Gasteiger charge is 2.60. The van der Waals surface area contributed by atoms with Gasteiger partial charge in [0.15, 0.2) is 6.17 Å². The van der Waals surface area contributed by atoms with Crippen molar-refractivity contribution in [1.82, 2.24) is 0 Å². The van der Waals surface area contributed by atoms with Crippen molar-refractivity contribution in [2.75, 3.05) is 6.67 Å². The van der Waals surface area contributed by atoms with E-state index in [4.69, 9.17) is 0 Å². The fourth-order valence-corrected chi connectivity index (χ4v) is 0.493. The van der Waals surface area contributed by atoms with Gasteiger partial charge in [0.25, 0.3) is 0 Å². The molecule has 0 bridgehead atoms. The van der Waals surface area contributed by atoms with Gasteiger partial charge in [0.2, 0.25) is 0 Å². The molecule has 0 N–H and O–H groups in total. The zero-order chi connectivity index (χ0) is 9.99. The highest BCUT2D eigenvalue weighted by Crippen LogP contribution is 2.40. The summed E-state index contributed by atoms with van der Waals surface area (Å²) in [4.78, 5) is 0. The first-order valence-electron chi connectivity index (χ1n) is 3.04. The van der Waals surface area contributed by atoms with Gasteiger partial charge < -0.3 is 0 Å². The van der Waals surface area contributed by atoms with Crippen LogP contribution < -0.4 is 0 Å². The summed E-state index contributed by atoms with van der Waals surface area (Å²) in [6.45, 7) is 0.385. The van der Waals surface area contributed by atoms with Gasteiger partial charge in [-0.2, -0.15) is 17.6 Å². The van der Waals surface area contributed by atoms with Crippen LogP contribution >= 0.6 is 0 Å². The average molecular weight is 193 g/mol. The Hall–Kier alpha value is -0.420. The zero-order valence-electron chi connectivity index (χ0n) is 5.97. The second-order valence-corrected chi connectivity index (χ2v) is 2.20. The van der Waals surface area contributed by atoms with Gasteiger partial charge in [-0.05, 0) is 6.92 Å². The Morgan fingerprint density at radius 3 is 1.83 bits per heavy atom. The van der Waals surface area contributed by atoms with E-state index in [9.17, 15) is 26.3 Å². The second kappa shape index (κ2) is 3.53. The van der Waals surface area contributed by atoms with Crippen LogP contribution in [-0.2, 0) is 0 Å². The first kappa shape index (κ1) is 11.6. The van der Waals surface area contributed by atoms with Crippen LogP contribution in [0.2, 0.25) is 0 Å². The molecule has 1 atom stereocenters. The van der Waals surface area contributed by atoms with Gasteiger partial charge in [0.1, 0.15) is 6.67 Å². The van der Waals surface area contributed by atoms with Crippen LogP contribution in [0.25, 0.3) is 0 Å². The van der Waals surface area contributed by atoms with Gasteiger partial charge in [0.05, 0.1) is 0 Å². The smallest absolute Gasteiger partial charge is 0.248 e. The Labute approximate surface area is 65.6 Å². The Morgan fingerprint density at radius 1 is 1.17 bits per heavy atom. The molecule has 0 aromatic rings. The van der Waals surface area contributed by atoms with E-state index in [1.807, 2.05) is 0 Å². The van der Waals surface area contributed by atoms with Crippen molar-refractivity contribution >= 4 is 0 Å². The molecule has 0 fully saturated rings. The fraction of sp³-hybridized carbons (Fsp3) is 0.833. The molecule has 0 aromatic carbocycles. The highest BCUT2D eigenvalue weighted by atomic mass is 19.3. The lowest BCUT2D eigenvalue weighted by molar-refractivity contribution is -0.239. The number of hydrogen-bond donors (Lipinski definition) is 0. The molecule has 1 radical (unpaired) electrons. The van der Waals surface area contributed by atoms with Gasteiger partial charge in [-0.1, -0.05) is 0 Å². The topological polar surface area (TPSA) is 0 Å². The standard InChI is InChI=1S/C6H7F6/c1-2-5(9,10)6(11,12)4(8)3-7/h4H,1-3H2/t4-/m0/s1. The summed E-state index contributed by atoms with van der Waals surface area (Å²) < 4.78 is 72.0. The van der Waals surface area contributed by atoms with Crippen LogP contribution in [0.4, 0.5) is 26.3 Å². The normalized spacial score (nSPS) is 16.2. The molecule has 0 amide bonds. The molecule has 0 unspecified atom stereocenters. The maximum absolute atomic E-state index is 12.2. The SMILES string of the molecule is [CH2]CC(F)(F)C(F)(F)[C@@H](F)CF. The van der Waals surface area contributed by atoms with Gasteiger partial charge in [-0.3, -0.25) is 0 Å². The van der Waals surface area contributed by atoms with Crippen LogP contribution in [0.15, 0.2) is 0 Å². The van der Waals surface area contributed by atoms with Crippen LogP contribution in [0.3, 0.4) is 0 Å². The molecule has 0 saturated heterocycles. The van der Waals surface area contributed by atoms with E-state index in [0.717, 1.165) is 0 Å². The molecule has 6 heteroatoms. The van der Waals surface area contributed by atoms with Crippen molar-refractivity contribution in [3.8, 4) is 0 Å². The van der Waals surface area contributed by atoms with E-state index in [1.165, 1.54) is 0 Å². The van der Waals surface area contributed by atoms with Crippen LogP contribution in [0.5, 0.6) is 0 Å². The molecule has 0 spiro atoms. The van der Waals surface area contributed by atoms with E-state index in [2.05, 4.69) is 6.92 Å². The number of alkyl halides is 6. The van der Waals surface area contributed by atoms with Gasteiger partial charge >= 0.3 is 11.8 Å². The second-order valence-electron chi connectivity index (χ2n) is 2.20. The van der Waals surface area contributed by atoms with E-state index in [-0.39, 0.29) is 0 Å². The molecule has 0 saturated carbocycles. The largest absolute Gasteiger partial charge is 0.343 e. The molecule has 0 nitrogen and oxygen atoms in total. The minimum atomic E-state index is -4.98. The summed E-state index contributed by atoms with van der Waals surface area (Å²) in [6, 6.07) is 0. The van der Waals surface area contributed by atoms with Gasteiger partial charge in [-0.15, -0.1) is 0 Å². The number of rotatable bonds is 4. The lowest BCUT2D eigenvalue weighted by Crippen LogP contribution is -2.48. The number of halogens is 6. The van der Waals surface area contributed by atoms with Crippen LogP contribution in [0, 0.1) is 6.92 Å². The molecule has 0 rings (SSSR count). The maximum Gasteiger partial charge on any atom is 0.343 e. The molecule has 0 aliphatic heterocycles. The third-order valence-electron chi connectivity index (χ3n) is 1.33. The Morgan fingerprint density at radius 2 is 1.58 bits per heavy atom. The van der Waals surface area contributed by atoms with Crippen molar-refractivity contribution in [1.29, 1.82) is 0 Å². The van der Waals surface area contributed by atoms with Crippen molar-refractivity contribution in [2.24, 2.45) is 0 Å². The van der Waals surface area contributed by atoms with E-state index in [1.54, 1.807) is 0 Å². The van der Waals surface area contributed by atoms with Gasteiger partial charge in [-0.25, -0.2) is 8.78 Å². The van der Waals surface area contributed by atoms with E-state index < -0.39 is 31.1 Å². The first-order valence-corrected chi connectivity index (χ1v) is 3.04. The molecule has 0 aliphatic rings. The summed E-state index contributed by atoms with van der Waals surface area (Å²) in [7, 11) is 0. The zero-order valence-corrected chi connectivity index (χ0v) is 5.97. The first-order chi connectivity index (χ1) is 5.29. The summed E-state index contributed by atoms with van der Waals surface area (Å²) in [5, 5.41) is 0. The molecule has 73 valence electrons. The monoisotopic (exact) mass is 193 g/mol. The molecule has 0 aromatic heterocycles. The summed E-state index contributed by atoms with van der Waals surface area (Å²) in [6.07, 6.45) is -4.95. The van der Waals surface area contributed by atoms with Crippen LogP contribution in [0.1, 0.15) is 6.42 Å². The Kier molecular flexibility index (Phi) is 3.41. The van der Waals surface area contributed by atoms with Crippen LogP contribution in [-0.4, -0.2) is 24.7 Å². The van der Waals surface area contributed by atoms with E-state index >= 15 is 0 Å². The lowest BCUT2D eigenvalue weighted by atomic mass is 10.1. The van der Waals surface area contributed by atoms with Crippen molar-refractivity contribution in [2.45, 2.75) is 24.4 Å². The fourth-order valence-electron chi connectivity index (χ4n) is 0.493. The summed E-state index contributed by atoms with van der Waals surface area (Å²) >= 11 is 0. The van der Waals surface area contributed by atoms with Crippen molar-refractivity contribution in [3.05, 3.63) is 6.92 Å². The minimum Gasteiger partial charge on any atom is -0.248 e. The molecular formula is C6H7F6. The minimum absolute atomic E-state index is 1.47. The summed E-state index contributed by atoms with van der Waals surface area (Å²) in [5.74, 6) is -9.58. The predicted octanol–water partition coefficient (Wildman–Crippen LogP) is 2.79.